The molecule has 4 nitrogen and oxygen atoms in total. The van der Waals surface area contributed by atoms with Crippen LogP contribution in [0.15, 0.2) is 6.20 Å². The molecule has 2 atom stereocenters. The first kappa shape index (κ1) is 12.4. The van der Waals surface area contributed by atoms with Crippen LogP contribution >= 0.6 is 11.3 Å². The minimum Gasteiger partial charge on any atom is -0.383 e. The Hall–Kier alpha value is -0.650. The minimum absolute atomic E-state index is 0.0578. The van der Waals surface area contributed by atoms with E-state index < -0.39 is 0 Å². The van der Waals surface area contributed by atoms with Crippen molar-refractivity contribution in [1.29, 1.82) is 0 Å². The van der Waals surface area contributed by atoms with Gasteiger partial charge in [-0.1, -0.05) is 0 Å². The van der Waals surface area contributed by atoms with Crippen molar-refractivity contribution in [1.82, 2.24) is 4.98 Å². The average molecular weight is 229 g/mol. The van der Waals surface area contributed by atoms with Gasteiger partial charge in [0.15, 0.2) is 5.13 Å². The van der Waals surface area contributed by atoms with Crippen LogP contribution in [0.1, 0.15) is 24.8 Å². The molecule has 0 bridgehead atoms. The molecule has 2 N–H and O–H groups in total. The van der Waals surface area contributed by atoms with Crippen molar-refractivity contribution in [3.8, 4) is 0 Å². The molecule has 1 rings (SSSR count). The second kappa shape index (κ2) is 5.44. The van der Waals surface area contributed by atoms with Gasteiger partial charge >= 0.3 is 0 Å². The topological polar surface area (TPSA) is 51.4 Å². The Morgan fingerprint density at radius 1 is 1.60 bits per heavy atom. The molecule has 2 unspecified atom stereocenters. The zero-order chi connectivity index (χ0) is 11.4. The average Bonchev–Trinajstić information content (AvgIpc) is 2.65. The van der Waals surface area contributed by atoms with E-state index in [0.29, 0.717) is 12.6 Å². The number of aromatic nitrogens is 1. The smallest absolute Gasteiger partial charge is 0.185 e. The van der Waals surface area contributed by atoms with E-state index in [2.05, 4.69) is 16.8 Å². The largest absolute Gasteiger partial charge is 0.383 e. The molecule has 0 aliphatic heterocycles. The lowest BCUT2D eigenvalue weighted by atomic mass is 10.3. The fraction of sp³-hybridized carbons (Fsp3) is 0.700. The summed E-state index contributed by atoms with van der Waals surface area (Å²) >= 11 is 1.64. The molecule has 5 heteroatoms. The van der Waals surface area contributed by atoms with Crippen molar-refractivity contribution >= 4 is 16.5 Å². The molecule has 1 aromatic rings. The van der Waals surface area contributed by atoms with Gasteiger partial charge in [0.05, 0.1) is 12.6 Å². The van der Waals surface area contributed by atoms with E-state index in [-0.39, 0.29) is 6.04 Å². The van der Waals surface area contributed by atoms with Gasteiger partial charge in [-0.25, -0.2) is 4.98 Å². The van der Waals surface area contributed by atoms with Crippen LogP contribution in [0.4, 0.5) is 5.13 Å². The maximum absolute atomic E-state index is 5.79. The van der Waals surface area contributed by atoms with Crippen molar-refractivity contribution < 1.29 is 4.74 Å². The Morgan fingerprint density at radius 2 is 2.27 bits per heavy atom. The summed E-state index contributed by atoms with van der Waals surface area (Å²) in [6, 6.07) is 0.379. The molecule has 15 heavy (non-hydrogen) atoms. The summed E-state index contributed by atoms with van der Waals surface area (Å²) in [7, 11) is 3.73. The van der Waals surface area contributed by atoms with Gasteiger partial charge in [-0.05, 0) is 13.8 Å². The van der Waals surface area contributed by atoms with Gasteiger partial charge in [0, 0.05) is 31.3 Å². The SMILES string of the molecule is COCC(C)N(C)c1ncc(C(C)N)s1. The van der Waals surface area contributed by atoms with E-state index in [0.717, 1.165) is 10.0 Å². The highest BCUT2D eigenvalue weighted by atomic mass is 32.1. The number of hydrogen-bond acceptors (Lipinski definition) is 5. The molecular weight excluding hydrogens is 210 g/mol. The maximum atomic E-state index is 5.79. The van der Waals surface area contributed by atoms with Gasteiger partial charge in [0.25, 0.3) is 0 Å². The van der Waals surface area contributed by atoms with Crippen LogP contribution in [0.2, 0.25) is 0 Å². The molecule has 86 valence electrons. The normalized spacial score (nSPS) is 15.0. The highest BCUT2D eigenvalue weighted by Crippen LogP contribution is 2.26. The number of hydrogen-bond donors (Lipinski definition) is 1. The lowest BCUT2D eigenvalue weighted by molar-refractivity contribution is 0.183. The first-order valence-electron chi connectivity index (χ1n) is 4.99. The summed E-state index contributed by atoms with van der Waals surface area (Å²) in [5.74, 6) is 0. The number of ether oxygens (including phenoxy) is 1. The second-order valence-corrected chi connectivity index (χ2v) is 4.79. The lowest BCUT2D eigenvalue weighted by Gasteiger charge is -2.23. The molecule has 0 spiro atoms. The zero-order valence-corrected chi connectivity index (χ0v) is 10.5. The second-order valence-electron chi connectivity index (χ2n) is 3.75. The van der Waals surface area contributed by atoms with E-state index in [9.17, 15) is 0 Å². The molecule has 0 fully saturated rings. The van der Waals surface area contributed by atoms with E-state index in [4.69, 9.17) is 10.5 Å². The van der Waals surface area contributed by atoms with Gasteiger partial charge < -0.3 is 15.4 Å². The molecule has 0 amide bonds. The fourth-order valence-electron chi connectivity index (χ4n) is 1.19. The number of nitrogens with zero attached hydrogens (tertiary/aromatic N) is 2. The van der Waals surface area contributed by atoms with Crippen molar-refractivity contribution in [3.63, 3.8) is 0 Å². The summed E-state index contributed by atoms with van der Waals surface area (Å²) in [5.41, 5.74) is 5.79. The van der Waals surface area contributed by atoms with Crippen LogP contribution < -0.4 is 10.6 Å². The monoisotopic (exact) mass is 229 g/mol. The van der Waals surface area contributed by atoms with Gasteiger partial charge in [-0.2, -0.15) is 0 Å². The van der Waals surface area contributed by atoms with Gasteiger partial charge in [0.2, 0.25) is 0 Å². The standard InChI is InChI=1S/C10H19N3OS/c1-7(6-14-4)13(3)10-12-5-9(15-10)8(2)11/h5,7-8H,6,11H2,1-4H3. The van der Waals surface area contributed by atoms with E-state index in [1.54, 1.807) is 18.4 Å². The fourth-order valence-corrected chi connectivity index (χ4v) is 2.12. The Bertz CT molecular complexity index is 301. The molecule has 0 saturated heterocycles. The quantitative estimate of drug-likeness (QED) is 0.834. The molecule has 0 saturated carbocycles. The third-order valence-electron chi connectivity index (χ3n) is 2.33. The third-order valence-corrected chi connectivity index (χ3v) is 3.62. The van der Waals surface area contributed by atoms with Crippen molar-refractivity contribution in [2.75, 3.05) is 25.7 Å². The Kier molecular flexibility index (Phi) is 4.50. The van der Waals surface area contributed by atoms with Crippen molar-refractivity contribution in [2.24, 2.45) is 5.73 Å². The van der Waals surface area contributed by atoms with Gasteiger partial charge in [-0.3, -0.25) is 0 Å². The summed E-state index contributed by atoms with van der Waals surface area (Å²) in [5, 5.41) is 0.992. The lowest BCUT2D eigenvalue weighted by Crippen LogP contribution is -2.32. The van der Waals surface area contributed by atoms with Crippen LogP contribution in [0.3, 0.4) is 0 Å². The summed E-state index contributed by atoms with van der Waals surface area (Å²) in [4.78, 5) is 7.57. The van der Waals surface area contributed by atoms with E-state index in [1.807, 2.05) is 20.2 Å². The Balaban J connectivity index is 2.69. The Labute approximate surface area is 95.1 Å². The number of methoxy groups -OCH3 is 1. The summed E-state index contributed by atoms with van der Waals surface area (Å²) < 4.78 is 5.11. The highest BCUT2D eigenvalue weighted by Gasteiger charge is 2.14. The number of nitrogens with two attached hydrogens (primary N) is 1. The molecule has 0 aromatic carbocycles. The Morgan fingerprint density at radius 3 is 2.73 bits per heavy atom. The van der Waals surface area contributed by atoms with Crippen LogP contribution in [-0.4, -0.2) is 31.8 Å². The van der Waals surface area contributed by atoms with Crippen molar-refractivity contribution in [3.05, 3.63) is 11.1 Å². The van der Waals surface area contributed by atoms with Gasteiger partial charge in [0.1, 0.15) is 0 Å². The molecule has 1 heterocycles. The first-order chi connectivity index (χ1) is 7.06. The summed E-state index contributed by atoms with van der Waals surface area (Å²) in [6.45, 7) is 4.77. The van der Waals surface area contributed by atoms with E-state index >= 15 is 0 Å². The molecule has 0 aliphatic rings. The zero-order valence-electron chi connectivity index (χ0n) is 9.73. The van der Waals surface area contributed by atoms with E-state index in [1.165, 1.54) is 0 Å². The number of anilines is 1. The van der Waals surface area contributed by atoms with Crippen LogP contribution in [0, 0.1) is 0 Å². The molecule has 1 aromatic heterocycles. The first-order valence-corrected chi connectivity index (χ1v) is 5.81. The maximum Gasteiger partial charge on any atom is 0.185 e. The van der Waals surface area contributed by atoms with Crippen LogP contribution in [0.5, 0.6) is 0 Å². The van der Waals surface area contributed by atoms with Gasteiger partial charge in [-0.15, -0.1) is 11.3 Å². The minimum atomic E-state index is 0.0578. The van der Waals surface area contributed by atoms with Crippen molar-refractivity contribution in [2.45, 2.75) is 25.9 Å². The number of likely N-dealkylation sites (N-methyl/N-ethyl adjacent to an activating group) is 1. The molecule has 0 aliphatic carbocycles. The van der Waals surface area contributed by atoms with Crippen LogP contribution in [-0.2, 0) is 4.74 Å². The van der Waals surface area contributed by atoms with Crippen LogP contribution in [0.25, 0.3) is 0 Å². The predicted octanol–water partition coefficient (Wildman–Crippen LogP) is 1.63. The highest BCUT2D eigenvalue weighted by molar-refractivity contribution is 7.15. The molecular formula is C10H19N3OS. The predicted molar refractivity (Wildman–Crippen MR) is 64.5 cm³/mol. The summed E-state index contributed by atoms with van der Waals surface area (Å²) in [6.07, 6.45) is 1.85. The number of rotatable bonds is 5. The molecule has 0 radical (unpaired) electrons. The third kappa shape index (κ3) is 3.15. The number of thiazole rings is 1.